The first-order valence-electron chi connectivity index (χ1n) is 9.19. The third-order valence-corrected chi connectivity index (χ3v) is 5.88. The molecule has 0 aliphatic heterocycles. The van der Waals surface area contributed by atoms with E-state index in [9.17, 15) is 5.21 Å². The van der Waals surface area contributed by atoms with E-state index in [0.717, 1.165) is 28.7 Å². The highest BCUT2D eigenvalue weighted by Crippen LogP contribution is 2.46. The molecule has 7 nitrogen and oxygen atoms in total. The number of ether oxygens (including phenoxy) is 5. The largest absolute Gasteiger partial charge is 0.493 e. The van der Waals surface area contributed by atoms with Crippen molar-refractivity contribution in [3.8, 4) is 28.7 Å². The van der Waals surface area contributed by atoms with Crippen molar-refractivity contribution < 1.29 is 28.9 Å². The maximum absolute atomic E-state index is 9.82. The van der Waals surface area contributed by atoms with Crippen LogP contribution in [0.4, 0.5) is 0 Å². The molecule has 8 heteroatoms. The van der Waals surface area contributed by atoms with Gasteiger partial charge in [-0.3, -0.25) is 0 Å². The van der Waals surface area contributed by atoms with Crippen molar-refractivity contribution in [2.75, 3.05) is 35.5 Å². The smallest absolute Gasteiger partial charge is 0.204 e. The number of halogens is 1. The van der Waals surface area contributed by atoms with Crippen LogP contribution in [0.5, 0.6) is 28.7 Å². The standard InChI is InChI=1S/C22H24BrNO6/c1-26-16-9-12-6-7-13(20(24-25)15(12)11-17(16)27-2)8-14-10-18(28-3)21(29-4)22(30-5)19(14)23/h8-11,25H,6-7H2,1-5H3/b13-8+,24-20+. The molecule has 0 saturated heterocycles. The Bertz CT molecular complexity index is 1020. The topological polar surface area (TPSA) is 78.7 Å². The molecule has 0 unspecified atom stereocenters. The molecule has 1 aliphatic carbocycles. The van der Waals surface area contributed by atoms with Crippen molar-refractivity contribution in [3.05, 3.63) is 44.9 Å². The Labute approximate surface area is 184 Å². The van der Waals surface area contributed by atoms with Crippen LogP contribution in [0.3, 0.4) is 0 Å². The molecule has 0 spiro atoms. The molecule has 0 amide bonds. The number of rotatable bonds is 6. The first kappa shape index (κ1) is 21.8. The number of hydrogen-bond acceptors (Lipinski definition) is 7. The molecule has 0 aromatic heterocycles. The number of nitrogens with zero attached hydrogens (tertiary/aromatic N) is 1. The lowest BCUT2D eigenvalue weighted by molar-refractivity contribution is 0.319. The van der Waals surface area contributed by atoms with E-state index < -0.39 is 0 Å². The fraction of sp³-hybridized carbons (Fsp3) is 0.318. The molecular formula is C22H24BrNO6. The summed E-state index contributed by atoms with van der Waals surface area (Å²) in [4.78, 5) is 0. The maximum atomic E-state index is 9.82. The second kappa shape index (κ2) is 9.30. The monoisotopic (exact) mass is 477 g/mol. The average Bonchev–Trinajstić information content (AvgIpc) is 2.78. The van der Waals surface area contributed by atoms with Gasteiger partial charge in [0.05, 0.1) is 40.0 Å². The fourth-order valence-corrected chi connectivity index (χ4v) is 4.17. The van der Waals surface area contributed by atoms with Crippen LogP contribution in [-0.4, -0.2) is 46.5 Å². The van der Waals surface area contributed by atoms with E-state index in [2.05, 4.69) is 21.1 Å². The first-order chi connectivity index (χ1) is 14.5. The van der Waals surface area contributed by atoms with Crippen molar-refractivity contribution in [2.24, 2.45) is 5.16 Å². The molecule has 0 atom stereocenters. The maximum Gasteiger partial charge on any atom is 0.204 e. The van der Waals surface area contributed by atoms with Crippen LogP contribution < -0.4 is 23.7 Å². The number of fused-ring (bicyclic) bond motifs is 1. The van der Waals surface area contributed by atoms with Gasteiger partial charge in [-0.05, 0) is 69.7 Å². The summed E-state index contributed by atoms with van der Waals surface area (Å²) in [7, 11) is 7.87. The molecular weight excluding hydrogens is 454 g/mol. The lowest BCUT2D eigenvalue weighted by atomic mass is 9.85. The van der Waals surface area contributed by atoms with Crippen LogP contribution in [0.25, 0.3) is 6.08 Å². The molecule has 2 aromatic rings. The minimum atomic E-state index is 0.484. The van der Waals surface area contributed by atoms with Crippen LogP contribution in [0, 0.1) is 0 Å². The van der Waals surface area contributed by atoms with Crippen molar-refractivity contribution >= 4 is 27.7 Å². The SMILES string of the molecule is COc1cc2c(cc1OC)C(=N/O)/C(=C/c1cc(OC)c(OC)c(OC)c1Br)CC2. The zero-order valence-electron chi connectivity index (χ0n) is 17.5. The van der Waals surface area contributed by atoms with Gasteiger partial charge in [-0.25, -0.2) is 0 Å². The van der Waals surface area contributed by atoms with Gasteiger partial charge in [-0.15, -0.1) is 0 Å². The van der Waals surface area contributed by atoms with Gasteiger partial charge in [0.2, 0.25) is 5.75 Å². The van der Waals surface area contributed by atoms with E-state index in [4.69, 9.17) is 23.7 Å². The van der Waals surface area contributed by atoms with E-state index in [-0.39, 0.29) is 0 Å². The van der Waals surface area contributed by atoms with Gasteiger partial charge >= 0.3 is 0 Å². The number of allylic oxidation sites excluding steroid dienone is 1. The minimum absolute atomic E-state index is 0.484. The average molecular weight is 478 g/mol. The normalized spacial score (nSPS) is 15.7. The Morgan fingerprint density at radius 2 is 1.47 bits per heavy atom. The predicted molar refractivity (Wildman–Crippen MR) is 118 cm³/mol. The van der Waals surface area contributed by atoms with E-state index in [1.807, 2.05) is 24.3 Å². The van der Waals surface area contributed by atoms with Crippen molar-refractivity contribution in [1.82, 2.24) is 0 Å². The van der Waals surface area contributed by atoms with Gasteiger partial charge < -0.3 is 28.9 Å². The van der Waals surface area contributed by atoms with Crippen LogP contribution in [0.15, 0.2) is 33.4 Å². The van der Waals surface area contributed by atoms with E-state index in [1.54, 1.807) is 35.5 Å². The molecule has 1 N–H and O–H groups in total. The Kier molecular flexibility index (Phi) is 6.77. The molecule has 3 rings (SSSR count). The summed E-state index contributed by atoms with van der Waals surface area (Å²) in [6.07, 6.45) is 3.40. The zero-order chi connectivity index (χ0) is 21.8. The zero-order valence-corrected chi connectivity index (χ0v) is 19.1. The molecule has 0 fully saturated rings. The summed E-state index contributed by atoms with van der Waals surface area (Å²) in [6.45, 7) is 0. The highest BCUT2D eigenvalue weighted by molar-refractivity contribution is 9.10. The molecule has 0 saturated carbocycles. The molecule has 1 aliphatic rings. The molecule has 0 radical (unpaired) electrons. The van der Waals surface area contributed by atoms with Gasteiger partial charge in [0.15, 0.2) is 23.0 Å². The molecule has 160 valence electrons. The third kappa shape index (κ3) is 3.79. The van der Waals surface area contributed by atoms with Crippen LogP contribution in [0.2, 0.25) is 0 Å². The third-order valence-electron chi connectivity index (χ3n) is 5.06. The summed E-state index contributed by atoms with van der Waals surface area (Å²) in [5, 5.41) is 13.4. The van der Waals surface area contributed by atoms with Crippen LogP contribution in [0.1, 0.15) is 23.1 Å². The number of hydrogen-bond donors (Lipinski definition) is 1. The Balaban J connectivity index is 2.14. The van der Waals surface area contributed by atoms with E-state index >= 15 is 0 Å². The predicted octanol–water partition coefficient (Wildman–Crippen LogP) is 4.70. The number of benzene rings is 2. The van der Waals surface area contributed by atoms with Crippen LogP contribution in [-0.2, 0) is 6.42 Å². The first-order valence-corrected chi connectivity index (χ1v) is 9.98. The van der Waals surface area contributed by atoms with Gasteiger partial charge in [0.25, 0.3) is 0 Å². The van der Waals surface area contributed by atoms with Gasteiger partial charge in [0.1, 0.15) is 5.71 Å². The summed E-state index contributed by atoms with van der Waals surface area (Å²) in [5.74, 6) is 2.78. The lowest BCUT2D eigenvalue weighted by Crippen LogP contribution is -2.16. The van der Waals surface area contributed by atoms with Gasteiger partial charge in [-0.2, -0.15) is 0 Å². The van der Waals surface area contributed by atoms with E-state index in [0.29, 0.717) is 45.4 Å². The number of oxime groups is 1. The summed E-state index contributed by atoms with van der Waals surface area (Å²) >= 11 is 3.59. The van der Waals surface area contributed by atoms with Crippen molar-refractivity contribution in [2.45, 2.75) is 12.8 Å². The minimum Gasteiger partial charge on any atom is -0.493 e. The van der Waals surface area contributed by atoms with Crippen molar-refractivity contribution in [3.63, 3.8) is 0 Å². The van der Waals surface area contributed by atoms with Crippen LogP contribution >= 0.6 is 15.9 Å². The highest BCUT2D eigenvalue weighted by atomic mass is 79.9. The summed E-state index contributed by atoms with van der Waals surface area (Å²) in [5.41, 5.74) is 3.99. The van der Waals surface area contributed by atoms with E-state index in [1.165, 1.54) is 0 Å². The Hall–Kier alpha value is -2.87. The fourth-order valence-electron chi connectivity index (χ4n) is 3.60. The number of methoxy groups -OCH3 is 5. The summed E-state index contributed by atoms with van der Waals surface area (Å²) in [6, 6.07) is 5.60. The highest BCUT2D eigenvalue weighted by Gasteiger charge is 2.25. The van der Waals surface area contributed by atoms with Gasteiger partial charge in [-0.1, -0.05) is 5.16 Å². The lowest BCUT2D eigenvalue weighted by Gasteiger charge is -2.22. The molecule has 0 heterocycles. The summed E-state index contributed by atoms with van der Waals surface area (Å²) < 4.78 is 27.9. The quantitative estimate of drug-likeness (QED) is 0.479. The Morgan fingerprint density at radius 1 is 0.833 bits per heavy atom. The molecule has 2 aromatic carbocycles. The molecule has 30 heavy (non-hydrogen) atoms. The Morgan fingerprint density at radius 3 is 2.03 bits per heavy atom. The second-order valence-corrected chi connectivity index (χ2v) is 7.32. The molecule has 0 bridgehead atoms. The second-order valence-electron chi connectivity index (χ2n) is 6.53. The number of aryl methyl sites for hydroxylation is 1. The van der Waals surface area contributed by atoms with Gasteiger partial charge in [0, 0.05) is 5.56 Å². The van der Waals surface area contributed by atoms with Crippen molar-refractivity contribution in [1.29, 1.82) is 0 Å².